The first-order chi connectivity index (χ1) is 10.1. The van der Waals surface area contributed by atoms with Gasteiger partial charge in [0.1, 0.15) is 5.75 Å². The van der Waals surface area contributed by atoms with E-state index in [-0.39, 0.29) is 12.5 Å². The molecule has 1 amide bonds. The van der Waals surface area contributed by atoms with Crippen molar-refractivity contribution < 1.29 is 9.53 Å². The van der Waals surface area contributed by atoms with Crippen molar-refractivity contribution in [2.24, 2.45) is 0 Å². The Balaban J connectivity index is 1.76. The van der Waals surface area contributed by atoms with E-state index in [1.54, 1.807) is 30.5 Å². The van der Waals surface area contributed by atoms with E-state index in [4.69, 9.17) is 4.74 Å². The van der Waals surface area contributed by atoms with Crippen molar-refractivity contribution in [1.29, 1.82) is 0 Å². The third kappa shape index (κ3) is 4.92. The predicted molar refractivity (Wildman–Crippen MR) is 84.2 cm³/mol. The summed E-state index contributed by atoms with van der Waals surface area (Å²) in [5.74, 6) is 0.301. The summed E-state index contributed by atoms with van der Waals surface area (Å²) in [5, 5.41) is 0. The molecule has 0 fully saturated rings. The Morgan fingerprint density at radius 2 is 2.10 bits per heavy atom. The van der Waals surface area contributed by atoms with Crippen LogP contribution in [0, 0.1) is 0 Å². The number of hydrogen-bond acceptors (Lipinski definition) is 4. The van der Waals surface area contributed by atoms with Gasteiger partial charge in [-0.25, -0.2) is 0 Å². The lowest BCUT2D eigenvalue weighted by Gasteiger charge is -2.11. The molecule has 2 aromatic rings. The van der Waals surface area contributed by atoms with Crippen molar-refractivity contribution in [3.05, 3.63) is 65.4 Å². The highest BCUT2D eigenvalue weighted by Gasteiger charge is 2.04. The van der Waals surface area contributed by atoms with Gasteiger partial charge in [-0.1, -0.05) is 34.6 Å². The number of hydrazine groups is 1. The lowest BCUT2D eigenvalue weighted by molar-refractivity contribution is -0.123. The molecule has 0 aliphatic carbocycles. The molecule has 0 bridgehead atoms. The molecule has 2 N–H and O–H groups in total. The SMILES string of the molecule is C=C(NNC(=O)COc1cccc(Br)c1)c1ccccn1. The predicted octanol–water partition coefficient (Wildman–Crippen LogP) is 2.51. The first-order valence-electron chi connectivity index (χ1n) is 6.18. The zero-order chi connectivity index (χ0) is 15.1. The van der Waals surface area contributed by atoms with Crippen LogP contribution in [0.5, 0.6) is 5.75 Å². The fourth-order valence-electron chi connectivity index (χ4n) is 1.49. The molecular formula is C15H14BrN3O2. The first-order valence-corrected chi connectivity index (χ1v) is 6.98. The maximum absolute atomic E-state index is 11.7. The highest BCUT2D eigenvalue weighted by molar-refractivity contribution is 9.10. The molecule has 0 spiro atoms. The number of hydrogen-bond donors (Lipinski definition) is 2. The average Bonchev–Trinajstić information content (AvgIpc) is 2.51. The lowest BCUT2D eigenvalue weighted by atomic mass is 10.3. The summed E-state index contributed by atoms with van der Waals surface area (Å²) in [6, 6.07) is 12.7. The monoisotopic (exact) mass is 347 g/mol. The van der Waals surface area contributed by atoms with E-state index in [0.717, 1.165) is 4.47 Å². The molecule has 0 atom stereocenters. The highest BCUT2D eigenvalue weighted by Crippen LogP contribution is 2.17. The molecule has 1 heterocycles. The number of rotatable bonds is 6. The fraction of sp³-hybridized carbons (Fsp3) is 0.0667. The zero-order valence-electron chi connectivity index (χ0n) is 11.2. The Labute approximate surface area is 131 Å². The van der Waals surface area contributed by atoms with Gasteiger partial charge in [-0.3, -0.25) is 20.6 Å². The van der Waals surface area contributed by atoms with Gasteiger partial charge in [0.2, 0.25) is 0 Å². The third-order valence-electron chi connectivity index (χ3n) is 2.49. The maximum atomic E-state index is 11.7. The van der Waals surface area contributed by atoms with Crippen LogP contribution in [0.2, 0.25) is 0 Å². The summed E-state index contributed by atoms with van der Waals surface area (Å²) in [6.07, 6.45) is 1.65. The van der Waals surface area contributed by atoms with Gasteiger partial charge in [-0.2, -0.15) is 0 Å². The average molecular weight is 348 g/mol. The molecule has 1 aromatic heterocycles. The van der Waals surface area contributed by atoms with Crippen LogP contribution in [0.4, 0.5) is 0 Å². The summed E-state index contributed by atoms with van der Waals surface area (Å²) >= 11 is 3.33. The molecule has 0 radical (unpaired) electrons. The molecule has 0 saturated carbocycles. The minimum atomic E-state index is -0.313. The molecule has 108 valence electrons. The van der Waals surface area contributed by atoms with Crippen LogP contribution in [0.15, 0.2) is 59.7 Å². The van der Waals surface area contributed by atoms with Crippen molar-refractivity contribution in [1.82, 2.24) is 15.8 Å². The Hall–Kier alpha value is -2.34. The highest BCUT2D eigenvalue weighted by atomic mass is 79.9. The Morgan fingerprint density at radius 1 is 1.24 bits per heavy atom. The van der Waals surface area contributed by atoms with Gasteiger partial charge in [0, 0.05) is 10.7 Å². The number of benzene rings is 1. The van der Waals surface area contributed by atoms with E-state index >= 15 is 0 Å². The van der Waals surface area contributed by atoms with E-state index in [1.807, 2.05) is 18.2 Å². The third-order valence-corrected chi connectivity index (χ3v) is 2.99. The normalized spacial score (nSPS) is 9.76. The van der Waals surface area contributed by atoms with Gasteiger partial charge in [0.25, 0.3) is 5.91 Å². The van der Waals surface area contributed by atoms with Gasteiger partial charge in [0.05, 0.1) is 11.4 Å². The quantitative estimate of drug-likeness (QED) is 0.788. The van der Waals surface area contributed by atoms with Gasteiger partial charge in [-0.05, 0) is 30.3 Å². The smallest absolute Gasteiger partial charge is 0.276 e. The van der Waals surface area contributed by atoms with Gasteiger partial charge in [-0.15, -0.1) is 0 Å². The number of carbonyl (C=O) groups is 1. The van der Waals surface area contributed by atoms with Crippen molar-refractivity contribution in [2.45, 2.75) is 0 Å². The molecule has 0 aliphatic heterocycles. The second-order valence-corrected chi connectivity index (χ2v) is 5.03. The zero-order valence-corrected chi connectivity index (χ0v) is 12.8. The van der Waals surface area contributed by atoms with Crippen LogP contribution in [0.1, 0.15) is 5.69 Å². The van der Waals surface area contributed by atoms with Crippen molar-refractivity contribution in [3.8, 4) is 5.75 Å². The summed E-state index contributed by atoms with van der Waals surface area (Å²) in [7, 11) is 0. The summed E-state index contributed by atoms with van der Waals surface area (Å²) in [4.78, 5) is 15.8. The standard InChI is InChI=1S/C15H14BrN3O2/c1-11(14-7-2-3-8-17-14)18-19-15(20)10-21-13-6-4-5-12(16)9-13/h2-9,18H,1,10H2,(H,19,20). The van der Waals surface area contributed by atoms with Crippen molar-refractivity contribution in [2.75, 3.05) is 6.61 Å². The number of carbonyl (C=O) groups excluding carboxylic acids is 1. The van der Waals surface area contributed by atoms with E-state index in [1.165, 1.54) is 0 Å². The number of ether oxygens (including phenoxy) is 1. The number of nitrogens with zero attached hydrogens (tertiary/aromatic N) is 1. The van der Waals surface area contributed by atoms with E-state index in [2.05, 4.69) is 38.3 Å². The maximum Gasteiger partial charge on any atom is 0.276 e. The molecular weight excluding hydrogens is 334 g/mol. The minimum Gasteiger partial charge on any atom is -0.484 e. The second-order valence-electron chi connectivity index (χ2n) is 4.11. The topological polar surface area (TPSA) is 63.2 Å². The summed E-state index contributed by atoms with van der Waals surface area (Å²) in [5.41, 5.74) is 6.37. The molecule has 1 aromatic carbocycles. The van der Waals surface area contributed by atoms with Gasteiger partial charge in [0.15, 0.2) is 6.61 Å². The molecule has 6 heteroatoms. The molecule has 5 nitrogen and oxygen atoms in total. The Morgan fingerprint density at radius 3 is 2.81 bits per heavy atom. The lowest BCUT2D eigenvalue weighted by Crippen LogP contribution is -2.39. The van der Waals surface area contributed by atoms with Crippen LogP contribution in [-0.4, -0.2) is 17.5 Å². The Bertz CT molecular complexity index is 632. The van der Waals surface area contributed by atoms with Gasteiger partial charge >= 0.3 is 0 Å². The number of halogens is 1. The summed E-state index contributed by atoms with van der Waals surface area (Å²) < 4.78 is 6.25. The van der Waals surface area contributed by atoms with E-state index in [9.17, 15) is 4.79 Å². The largest absolute Gasteiger partial charge is 0.484 e. The molecule has 0 unspecified atom stereocenters. The van der Waals surface area contributed by atoms with Crippen molar-refractivity contribution >= 4 is 27.5 Å². The Kier molecular flexibility index (Phi) is 5.34. The van der Waals surface area contributed by atoms with Crippen LogP contribution in [0.25, 0.3) is 5.70 Å². The summed E-state index contributed by atoms with van der Waals surface area (Å²) in [6.45, 7) is 3.69. The molecule has 21 heavy (non-hydrogen) atoms. The van der Waals surface area contributed by atoms with Crippen molar-refractivity contribution in [3.63, 3.8) is 0 Å². The van der Waals surface area contributed by atoms with Crippen LogP contribution < -0.4 is 15.6 Å². The molecule has 0 aliphatic rings. The van der Waals surface area contributed by atoms with E-state index < -0.39 is 0 Å². The van der Waals surface area contributed by atoms with Crippen LogP contribution >= 0.6 is 15.9 Å². The second kappa shape index (κ2) is 7.44. The number of aromatic nitrogens is 1. The van der Waals surface area contributed by atoms with Crippen LogP contribution in [0.3, 0.4) is 0 Å². The first kappa shape index (κ1) is 15.1. The number of amides is 1. The fourth-order valence-corrected chi connectivity index (χ4v) is 1.87. The molecule has 2 rings (SSSR count). The molecule has 0 saturated heterocycles. The minimum absolute atomic E-state index is 0.0983. The number of pyridine rings is 1. The number of nitrogens with one attached hydrogen (secondary N) is 2. The van der Waals surface area contributed by atoms with Gasteiger partial charge < -0.3 is 4.74 Å². The van der Waals surface area contributed by atoms with Crippen LogP contribution in [-0.2, 0) is 4.79 Å². The van der Waals surface area contributed by atoms with E-state index in [0.29, 0.717) is 17.1 Å².